The first-order valence-electron chi connectivity index (χ1n) is 41.6. The molecule has 0 saturated carbocycles. The summed E-state index contributed by atoms with van der Waals surface area (Å²) >= 11 is 0. The maximum absolute atomic E-state index is 15.7. The maximum atomic E-state index is 15.7. The van der Waals surface area contributed by atoms with E-state index in [-0.39, 0.29) is 55.5 Å². The number of unbranched alkanes of at least 4 members (excludes halogenated alkanes) is 45. The molecule has 94 heavy (non-hydrogen) atoms. The van der Waals surface area contributed by atoms with Gasteiger partial charge >= 0.3 is 0 Å². The van der Waals surface area contributed by atoms with Crippen LogP contribution in [0.3, 0.4) is 0 Å². The van der Waals surface area contributed by atoms with Crippen molar-refractivity contribution in [1.82, 2.24) is 19.6 Å². The van der Waals surface area contributed by atoms with E-state index in [0.717, 1.165) is 174 Å². The van der Waals surface area contributed by atoms with Crippen molar-refractivity contribution in [3.8, 4) is 0 Å². The Balaban J connectivity index is 6.71. The molecule has 0 aromatic heterocycles. The van der Waals surface area contributed by atoms with Crippen molar-refractivity contribution < 1.29 is 19.2 Å². The van der Waals surface area contributed by atoms with Gasteiger partial charge in [-0.3, -0.25) is 24.1 Å². The van der Waals surface area contributed by atoms with Gasteiger partial charge in [0.2, 0.25) is 11.8 Å². The molecule has 0 bridgehead atoms. The van der Waals surface area contributed by atoms with Crippen LogP contribution in [0.4, 0.5) is 0 Å². The van der Waals surface area contributed by atoms with Crippen LogP contribution in [0.5, 0.6) is 0 Å². The Hall–Kier alpha value is -2.68. The fourth-order valence-corrected chi connectivity index (χ4v) is 13.4. The average molecular weight is 1320 g/mol. The van der Waals surface area contributed by atoms with Gasteiger partial charge in [-0.1, -0.05) is 282 Å². The molecule has 0 aliphatic rings. The quantitative estimate of drug-likeness (QED) is 0.0341. The minimum absolute atomic E-state index is 0.179. The number of allylic oxidation sites excluding steroid dienone is 8. The lowest BCUT2D eigenvalue weighted by Gasteiger charge is -2.41. The molecule has 550 valence electrons. The predicted octanol–water partition coefficient (Wildman–Crippen LogP) is 25.4. The van der Waals surface area contributed by atoms with Gasteiger partial charge in [0.25, 0.3) is 0 Å². The average Bonchev–Trinajstić information content (AvgIpc) is 0.766. The summed E-state index contributed by atoms with van der Waals surface area (Å²) in [5.74, 6) is -0.977. The van der Waals surface area contributed by atoms with Gasteiger partial charge in [-0.15, -0.1) is 0 Å². The Bertz CT molecular complexity index is 1680. The van der Waals surface area contributed by atoms with E-state index in [0.29, 0.717) is 32.2 Å². The number of imide groups is 1. The van der Waals surface area contributed by atoms with Gasteiger partial charge in [0, 0.05) is 32.2 Å². The van der Waals surface area contributed by atoms with E-state index in [1.165, 1.54) is 185 Å². The SMILES string of the molecule is CCCCCCCC/C=C\CCCCCCCC(=O)N(C(=O)CCCCCCC/C=C\CCCCCCCC)C(CCN(C)CCCCN(C)CCCN(C)C)(C(=O)CCCCCCC/C=C\CCCCCCCC)C(=O)CCCCCCC/C=C\CCCCCCCC. The lowest BCUT2D eigenvalue weighted by Crippen LogP contribution is -2.65. The number of hydrogen-bond acceptors (Lipinski definition) is 7. The zero-order valence-corrected chi connectivity index (χ0v) is 64.5. The normalized spacial score (nSPS) is 12.3. The molecule has 0 aliphatic carbocycles. The molecule has 0 atom stereocenters. The summed E-state index contributed by atoms with van der Waals surface area (Å²) in [6, 6.07) is 0. The Morgan fingerprint density at radius 3 is 0.734 bits per heavy atom. The molecular formula is C86H162N4O4. The molecule has 0 saturated heterocycles. The largest absolute Gasteiger partial charge is 0.309 e. The number of rotatable bonds is 75. The van der Waals surface area contributed by atoms with Gasteiger partial charge < -0.3 is 14.7 Å². The van der Waals surface area contributed by atoms with Crippen molar-refractivity contribution in [2.45, 2.75) is 418 Å². The molecule has 0 radical (unpaired) electrons. The van der Waals surface area contributed by atoms with E-state index in [4.69, 9.17) is 0 Å². The van der Waals surface area contributed by atoms with Gasteiger partial charge in [-0.05, 0) is 208 Å². The summed E-state index contributed by atoms with van der Waals surface area (Å²) in [6.07, 6.45) is 83.5. The summed E-state index contributed by atoms with van der Waals surface area (Å²) < 4.78 is 0. The van der Waals surface area contributed by atoms with Gasteiger partial charge in [0.05, 0.1) is 0 Å². The highest BCUT2D eigenvalue weighted by atomic mass is 16.2. The van der Waals surface area contributed by atoms with Crippen LogP contribution in [-0.4, -0.2) is 109 Å². The molecule has 0 aromatic carbocycles. The molecular weight excluding hydrogens is 1150 g/mol. The van der Waals surface area contributed by atoms with Crippen LogP contribution in [0.1, 0.15) is 413 Å². The third-order valence-electron chi connectivity index (χ3n) is 19.8. The van der Waals surface area contributed by atoms with E-state index in [1.807, 2.05) is 0 Å². The number of hydrogen-bond donors (Lipinski definition) is 0. The highest BCUT2D eigenvalue weighted by molar-refractivity contribution is 6.17. The van der Waals surface area contributed by atoms with Crippen molar-refractivity contribution in [3.05, 3.63) is 48.6 Å². The second-order valence-electron chi connectivity index (χ2n) is 29.4. The van der Waals surface area contributed by atoms with Crippen molar-refractivity contribution >= 4 is 23.4 Å². The minimum atomic E-state index is -1.79. The van der Waals surface area contributed by atoms with Crippen LogP contribution < -0.4 is 0 Å². The molecule has 0 N–H and O–H groups in total. The van der Waals surface area contributed by atoms with E-state index >= 15 is 19.2 Å². The van der Waals surface area contributed by atoms with Crippen molar-refractivity contribution in [2.75, 3.05) is 60.9 Å². The van der Waals surface area contributed by atoms with Crippen LogP contribution >= 0.6 is 0 Å². The highest BCUT2D eigenvalue weighted by Gasteiger charge is 2.53. The lowest BCUT2D eigenvalue weighted by molar-refractivity contribution is -0.164. The second kappa shape index (κ2) is 71.6. The standard InChI is InChI=1S/C86H162N4O4/c1-9-13-17-21-25-29-33-37-41-45-49-53-57-61-65-72-82(91)86(76-81-89(8)79-70-69-78-88(7)80-71-77-87(5)6,83(92)73-66-62-58-54-50-46-42-38-34-30-26-22-18-14-10-2)90(84(93)74-67-63-59-55-51-47-43-39-35-31-27-23-19-15-11-3)85(94)75-68-64-60-56-52-48-44-40-36-32-28-24-20-16-12-4/h37-44H,9-36,45-81H2,1-8H3/b41-37-,42-38-,43-39-,44-40-. The van der Waals surface area contributed by atoms with Crippen LogP contribution in [0.25, 0.3) is 0 Å². The second-order valence-corrected chi connectivity index (χ2v) is 29.4. The van der Waals surface area contributed by atoms with E-state index in [9.17, 15) is 0 Å². The Morgan fingerprint density at radius 2 is 0.468 bits per heavy atom. The summed E-state index contributed by atoms with van der Waals surface area (Å²) in [7, 11) is 8.59. The summed E-state index contributed by atoms with van der Waals surface area (Å²) in [5, 5.41) is 0. The van der Waals surface area contributed by atoms with Crippen molar-refractivity contribution in [3.63, 3.8) is 0 Å². The first-order chi connectivity index (χ1) is 46.0. The molecule has 0 unspecified atom stereocenters. The maximum Gasteiger partial charge on any atom is 0.230 e. The Kier molecular flexibility index (Phi) is 69.6. The molecule has 0 spiro atoms. The molecule has 2 amide bonds. The zero-order chi connectivity index (χ0) is 68.7. The number of carbonyl (C=O) groups excluding carboxylic acids is 4. The van der Waals surface area contributed by atoms with Crippen molar-refractivity contribution in [2.24, 2.45) is 0 Å². The minimum Gasteiger partial charge on any atom is -0.309 e. The molecule has 8 heteroatoms. The molecule has 0 rings (SSSR count). The number of Topliss-reactive ketones (excluding diaryl/α,β-unsaturated/α-hetero) is 2. The molecule has 8 nitrogen and oxygen atoms in total. The summed E-state index contributed by atoms with van der Waals surface area (Å²) in [6.45, 7) is 13.6. The van der Waals surface area contributed by atoms with Crippen LogP contribution in [-0.2, 0) is 19.2 Å². The summed E-state index contributed by atoms with van der Waals surface area (Å²) in [5.41, 5.74) is -1.79. The van der Waals surface area contributed by atoms with E-state index in [2.05, 4.69) is 119 Å². The number of ketones is 2. The first kappa shape index (κ1) is 91.3. The fourth-order valence-electron chi connectivity index (χ4n) is 13.4. The first-order valence-corrected chi connectivity index (χ1v) is 41.6. The topological polar surface area (TPSA) is 81.2 Å². The molecule has 0 aliphatic heterocycles. The summed E-state index contributed by atoms with van der Waals surface area (Å²) in [4.78, 5) is 70.5. The number of amides is 2. The van der Waals surface area contributed by atoms with E-state index in [1.54, 1.807) is 0 Å². The number of carbonyl (C=O) groups is 4. The van der Waals surface area contributed by atoms with E-state index < -0.39 is 5.54 Å². The third-order valence-corrected chi connectivity index (χ3v) is 19.8. The van der Waals surface area contributed by atoms with Gasteiger partial charge in [0.1, 0.15) is 0 Å². The lowest BCUT2D eigenvalue weighted by atomic mass is 9.78. The van der Waals surface area contributed by atoms with Crippen LogP contribution in [0, 0.1) is 0 Å². The van der Waals surface area contributed by atoms with Gasteiger partial charge in [0.15, 0.2) is 17.1 Å². The zero-order valence-electron chi connectivity index (χ0n) is 64.5. The molecule has 0 fully saturated rings. The predicted molar refractivity (Wildman–Crippen MR) is 414 cm³/mol. The molecule has 0 heterocycles. The smallest absolute Gasteiger partial charge is 0.230 e. The monoisotopic (exact) mass is 1320 g/mol. The van der Waals surface area contributed by atoms with Gasteiger partial charge in [-0.2, -0.15) is 0 Å². The van der Waals surface area contributed by atoms with Crippen molar-refractivity contribution in [1.29, 1.82) is 0 Å². The van der Waals surface area contributed by atoms with Gasteiger partial charge in [-0.25, -0.2) is 0 Å². The van der Waals surface area contributed by atoms with Crippen LogP contribution in [0.2, 0.25) is 0 Å². The Morgan fingerprint density at radius 1 is 0.245 bits per heavy atom. The fraction of sp³-hybridized carbons (Fsp3) is 0.860. The number of nitrogens with zero attached hydrogens (tertiary/aromatic N) is 4. The van der Waals surface area contributed by atoms with Crippen LogP contribution in [0.15, 0.2) is 48.6 Å². The highest BCUT2D eigenvalue weighted by Crippen LogP contribution is 2.32. The Labute approximate surface area is 587 Å². The third kappa shape index (κ3) is 57.2. The molecule has 0 aromatic rings.